The van der Waals surface area contributed by atoms with E-state index in [1.807, 2.05) is 38.1 Å². The number of carbonyl (C=O) groups is 1. The van der Waals surface area contributed by atoms with Crippen molar-refractivity contribution in [2.24, 2.45) is 0 Å². The topological polar surface area (TPSA) is 81.8 Å². The summed E-state index contributed by atoms with van der Waals surface area (Å²) in [6.45, 7) is 4.86. The molecule has 2 aromatic heterocycles. The Morgan fingerprint density at radius 3 is 2.50 bits per heavy atom. The maximum absolute atomic E-state index is 12.5. The van der Waals surface area contributed by atoms with Crippen molar-refractivity contribution >= 4 is 33.4 Å². The van der Waals surface area contributed by atoms with Crippen molar-refractivity contribution in [3.8, 4) is 0 Å². The van der Waals surface area contributed by atoms with Gasteiger partial charge < -0.3 is 5.32 Å². The summed E-state index contributed by atoms with van der Waals surface area (Å²) in [5.74, 6) is -0.172. The first kappa shape index (κ1) is 16.4. The van der Waals surface area contributed by atoms with E-state index in [0.29, 0.717) is 18.2 Å². The summed E-state index contributed by atoms with van der Waals surface area (Å²) in [7, 11) is 0. The van der Waals surface area contributed by atoms with Gasteiger partial charge in [0.15, 0.2) is 0 Å². The fourth-order valence-corrected chi connectivity index (χ4v) is 3.33. The maximum atomic E-state index is 12.5. The predicted molar refractivity (Wildman–Crippen MR) is 94.4 cm³/mol. The van der Waals surface area contributed by atoms with Crippen LogP contribution in [-0.4, -0.2) is 25.2 Å². The molecule has 1 N–H and O–H groups in total. The van der Waals surface area contributed by atoms with Crippen LogP contribution in [0.25, 0.3) is 11.0 Å². The highest BCUT2D eigenvalue weighted by atomic mass is 32.1. The third kappa shape index (κ3) is 3.09. The number of rotatable bonds is 6. The van der Waals surface area contributed by atoms with Gasteiger partial charge in [-0.05, 0) is 25.5 Å². The van der Waals surface area contributed by atoms with Gasteiger partial charge >= 0.3 is 5.69 Å². The Hall–Kier alpha value is -2.48. The zero-order chi connectivity index (χ0) is 17.1. The first-order valence-electron chi connectivity index (χ1n) is 7.94. The van der Waals surface area contributed by atoms with Crippen LogP contribution >= 0.6 is 11.3 Å². The fraction of sp³-hybridized carbons (Fsp3) is 0.375. The van der Waals surface area contributed by atoms with E-state index >= 15 is 0 Å². The fourth-order valence-electron chi connectivity index (χ4n) is 2.64. The molecule has 0 saturated carbocycles. The van der Waals surface area contributed by atoms with Gasteiger partial charge in [0.05, 0.1) is 11.0 Å². The smallest absolute Gasteiger partial charge is 0.300 e. The molecule has 7 nitrogen and oxygen atoms in total. The lowest BCUT2D eigenvalue weighted by molar-refractivity contribution is -0.116. The molecule has 3 rings (SSSR count). The molecule has 0 radical (unpaired) electrons. The molecular weight excluding hydrogens is 326 g/mol. The summed E-state index contributed by atoms with van der Waals surface area (Å²) in [4.78, 5) is 24.6. The number of fused-ring (bicyclic) bond motifs is 1. The van der Waals surface area contributed by atoms with Gasteiger partial charge in [-0.2, -0.15) is 0 Å². The number of aromatic nitrogens is 4. The van der Waals surface area contributed by atoms with E-state index in [9.17, 15) is 9.59 Å². The summed E-state index contributed by atoms with van der Waals surface area (Å²) in [5, 5.41) is 12.0. The molecule has 0 aliphatic rings. The quantitative estimate of drug-likeness (QED) is 0.743. The average molecular weight is 345 g/mol. The largest absolute Gasteiger partial charge is 0.329 e. The highest BCUT2D eigenvalue weighted by Gasteiger charge is 2.13. The summed E-state index contributed by atoms with van der Waals surface area (Å²) in [5.41, 5.74) is 1.65. The molecule has 1 amide bonds. The lowest BCUT2D eigenvalue weighted by atomic mass is 10.3. The number of nitrogens with one attached hydrogen (secondary N) is 1. The van der Waals surface area contributed by atoms with Crippen molar-refractivity contribution < 1.29 is 4.79 Å². The van der Waals surface area contributed by atoms with E-state index in [4.69, 9.17) is 0 Å². The van der Waals surface area contributed by atoms with Gasteiger partial charge in [0.1, 0.15) is 5.01 Å². The highest BCUT2D eigenvalue weighted by molar-refractivity contribution is 7.15. The lowest BCUT2D eigenvalue weighted by Gasteiger charge is -2.03. The van der Waals surface area contributed by atoms with Crippen molar-refractivity contribution in [3.05, 3.63) is 39.8 Å². The van der Waals surface area contributed by atoms with Crippen molar-refractivity contribution in [2.45, 2.75) is 39.8 Å². The molecule has 8 heteroatoms. The van der Waals surface area contributed by atoms with Gasteiger partial charge in [-0.1, -0.05) is 30.4 Å². The van der Waals surface area contributed by atoms with Crippen molar-refractivity contribution in [2.75, 3.05) is 5.32 Å². The minimum Gasteiger partial charge on any atom is -0.300 e. The third-order valence-corrected chi connectivity index (χ3v) is 4.80. The molecule has 0 aliphatic heterocycles. The molecule has 0 saturated heterocycles. The van der Waals surface area contributed by atoms with Crippen LogP contribution < -0.4 is 11.0 Å². The monoisotopic (exact) mass is 345 g/mol. The van der Waals surface area contributed by atoms with Crippen LogP contribution in [-0.2, 0) is 24.3 Å². The van der Waals surface area contributed by atoms with Crippen molar-refractivity contribution in [1.82, 2.24) is 19.3 Å². The molecule has 24 heavy (non-hydrogen) atoms. The molecule has 2 heterocycles. The number of nitrogens with zero attached hydrogens (tertiary/aromatic N) is 4. The number of amides is 1. The number of imidazole rings is 1. The summed E-state index contributed by atoms with van der Waals surface area (Å²) >= 11 is 1.37. The number of benzene rings is 1. The number of para-hydroxylation sites is 2. The standard InChI is InChI=1S/C16H19N5O2S/c1-3-14-18-19-15(24-14)17-13(22)9-10-21-12-8-6-5-7-11(12)20(4-2)16(21)23/h5-8H,3-4,9-10H2,1-2H3,(H,17,19,22). The Bertz CT molecular complexity index is 924. The number of aryl methyl sites for hydroxylation is 3. The molecule has 126 valence electrons. The van der Waals surface area contributed by atoms with Crippen LogP contribution in [0.15, 0.2) is 29.1 Å². The van der Waals surface area contributed by atoms with E-state index in [2.05, 4.69) is 15.5 Å². The summed E-state index contributed by atoms with van der Waals surface area (Å²) in [6.07, 6.45) is 0.998. The van der Waals surface area contributed by atoms with Crippen LogP contribution in [0.1, 0.15) is 25.3 Å². The van der Waals surface area contributed by atoms with E-state index in [-0.39, 0.29) is 18.0 Å². The van der Waals surface area contributed by atoms with Crippen LogP contribution in [0.2, 0.25) is 0 Å². The molecule has 0 aliphatic carbocycles. The van der Waals surface area contributed by atoms with Gasteiger partial charge in [0.2, 0.25) is 11.0 Å². The van der Waals surface area contributed by atoms with E-state index in [1.54, 1.807) is 9.13 Å². The second kappa shape index (κ2) is 6.96. The number of anilines is 1. The Balaban J connectivity index is 1.74. The van der Waals surface area contributed by atoms with Gasteiger partial charge in [-0.3, -0.25) is 13.9 Å². The molecule has 0 bridgehead atoms. The summed E-state index contributed by atoms with van der Waals surface area (Å²) in [6, 6.07) is 7.63. The van der Waals surface area contributed by atoms with Crippen molar-refractivity contribution in [1.29, 1.82) is 0 Å². The number of hydrogen-bond acceptors (Lipinski definition) is 5. The van der Waals surface area contributed by atoms with Gasteiger partial charge in [0, 0.05) is 19.5 Å². The first-order valence-corrected chi connectivity index (χ1v) is 8.76. The second-order valence-corrected chi connectivity index (χ2v) is 6.38. The minimum atomic E-state index is -0.172. The summed E-state index contributed by atoms with van der Waals surface area (Å²) < 4.78 is 3.36. The molecule has 0 unspecified atom stereocenters. The van der Waals surface area contributed by atoms with Crippen LogP contribution in [0.4, 0.5) is 5.13 Å². The van der Waals surface area contributed by atoms with Crippen LogP contribution in [0.3, 0.4) is 0 Å². The maximum Gasteiger partial charge on any atom is 0.329 e. The van der Waals surface area contributed by atoms with E-state index in [1.165, 1.54) is 11.3 Å². The van der Waals surface area contributed by atoms with Gasteiger partial charge in [-0.15, -0.1) is 10.2 Å². The number of hydrogen-bond donors (Lipinski definition) is 1. The van der Waals surface area contributed by atoms with E-state index in [0.717, 1.165) is 22.5 Å². The lowest BCUT2D eigenvalue weighted by Crippen LogP contribution is -2.25. The van der Waals surface area contributed by atoms with Gasteiger partial charge in [0.25, 0.3) is 0 Å². The van der Waals surface area contributed by atoms with E-state index < -0.39 is 0 Å². The molecular formula is C16H19N5O2S. The second-order valence-electron chi connectivity index (χ2n) is 5.32. The molecule has 0 spiro atoms. The molecule has 3 aromatic rings. The predicted octanol–water partition coefficient (Wildman–Crippen LogP) is 2.27. The van der Waals surface area contributed by atoms with Crippen LogP contribution in [0, 0.1) is 0 Å². The van der Waals surface area contributed by atoms with Crippen LogP contribution in [0.5, 0.6) is 0 Å². The zero-order valence-corrected chi connectivity index (χ0v) is 14.5. The molecule has 0 atom stereocenters. The highest BCUT2D eigenvalue weighted by Crippen LogP contribution is 2.16. The number of carbonyl (C=O) groups excluding carboxylic acids is 1. The molecule has 0 fully saturated rings. The first-order chi connectivity index (χ1) is 11.6. The average Bonchev–Trinajstić information content (AvgIpc) is 3.14. The normalized spacial score (nSPS) is 11.1. The van der Waals surface area contributed by atoms with Crippen molar-refractivity contribution in [3.63, 3.8) is 0 Å². The van der Waals surface area contributed by atoms with Gasteiger partial charge in [-0.25, -0.2) is 4.79 Å². The minimum absolute atomic E-state index is 0.0873. The Morgan fingerprint density at radius 2 is 1.88 bits per heavy atom. The SMILES string of the molecule is CCc1nnc(NC(=O)CCn2c(=O)n(CC)c3ccccc32)s1. The zero-order valence-electron chi connectivity index (χ0n) is 13.7. The third-order valence-electron chi connectivity index (χ3n) is 3.82. The molecule has 1 aromatic carbocycles. The Labute approximate surface area is 142 Å². The Morgan fingerprint density at radius 1 is 1.17 bits per heavy atom. The Kier molecular flexibility index (Phi) is 4.75.